The molecule has 372 valence electrons. The van der Waals surface area contributed by atoms with Crippen molar-refractivity contribution < 1.29 is 34.1 Å². The summed E-state index contributed by atoms with van der Waals surface area (Å²) in [7, 11) is 0. The number of carbonyl (C=O) groups is 3. The van der Waals surface area contributed by atoms with Crippen LogP contribution in [0.1, 0.15) is 74.1 Å². The van der Waals surface area contributed by atoms with E-state index >= 15 is 0 Å². The summed E-state index contributed by atoms with van der Waals surface area (Å²) >= 11 is 1.59. The number of aliphatic hydroxyl groups is 1. The number of phenolic OH excluding ortho intramolecular Hbond substituents is 1. The molecule has 2 saturated heterocycles. The van der Waals surface area contributed by atoms with Gasteiger partial charge in [0.2, 0.25) is 17.7 Å². The molecule has 5 aromatic rings. The van der Waals surface area contributed by atoms with Crippen molar-refractivity contribution in [3.05, 3.63) is 131 Å². The number of piperazine rings is 1. The summed E-state index contributed by atoms with van der Waals surface area (Å²) in [5, 5.41) is 26.8. The number of aryl methyl sites for hydroxylation is 1. The van der Waals surface area contributed by atoms with Crippen molar-refractivity contribution in [1.29, 1.82) is 0 Å². The number of aromatic nitrogens is 1. The van der Waals surface area contributed by atoms with Crippen LogP contribution in [-0.4, -0.2) is 138 Å². The molecule has 0 bridgehead atoms. The van der Waals surface area contributed by atoms with Crippen LogP contribution in [0.15, 0.2) is 103 Å². The van der Waals surface area contributed by atoms with Gasteiger partial charge in [-0.3, -0.25) is 24.2 Å². The molecular formula is C55H69N7O7S. The van der Waals surface area contributed by atoms with Gasteiger partial charge in [0.25, 0.3) is 0 Å². The lowest BCUT2D eigenvalue weighted by Crippen LogP contribution is -2.52. The molecule has 3 aliphatic rings. The molecule has 4 aromatic carbocycles. The average Bonchev–Trinajstić information content (AvgIpc) is 3.98. The van der Waals surface area contributed by atoms with E-state index in [-0.39, 0.29) is 55.9 Å². The number of nitrogens with one attached hydrogen (secondary N) is 2. The van der Waals surface area contributed by atoms with Crippen LogP contribution in [0.5, 0.6) is 11.5 Å². The molecule has 4 N–H and O–H groups in total. The number of aliphatic hydroxyl groups excluding tert-OH is 1. The molecular weight excluding hydrogens is 903 g/mol. The molecule has 4 heterocycles. The maximum Gasteiger partial charge on any atom is 0.246 e. The number of aromatic hydroxyl groups is 1. The Bertz CT molecular complexity index is 2530. The number of para-hydroxylation sites is 1. The lowest BCUT2D eigenvalue weighted by molar-refractivity contribution is -0.145. The van der Waals surface area contributed by atoms with Crippen LogP contribution in [0.4, 0.5) is 5.69 Å². The second kappa shape index (κ2) is 22.9. The van der Waals surface area contributed by atoms with Gasteiger partial charge in [0.05, 0.1) is 46.8 Å². The second-order valence-electron chi connectivity index (χ2n) is 20.0. The molecule has 3 aliphatic heterocycles. The molecule has 0 aliphatic carbocycles. The zero-order valence-corrected chi connectivity index (χ0v) is 42.0. The maximum atomic E-state index is 14.2. The number of hydrogen-bond acceptors (Lipinski definition) is 12. The fourth-order valence-corrected chi connectivity index (χ4v) is 10.7. The number of thiazole rings is 1. The summed E-state index contributed by atoms with van der Waals surface area (Å²) in [6, 6.07) is 31.5. The van der Waals surface area contributed by atoms with Gasteiger partial charge >= 0.3 is 0 Å². The Balaban J connectivity index is 0.732. The van der Waals surface area contributed by atoms with Crippen LogP contribution in [0.2, 0.25) is 0 Å². The normalized spacial score (nSPS) is 19.6. The number of benzene rings is 4. The molecule has 0 radical (unpaired) electrons. The van der Waals surface area contributed by atoms with E-state index in [1.165, 1.54) is 27.3 Å². The van der Waals surface area contributed by atoms with E-state index in [9.17, 15) is 24.6 Å². The van der Waals surface area contributed by atoms with Gasteiger partial charge in [-0.15, -0.1) is 11.3 Å². The van der Waals surface area contributed by atoms with Crippen molar-refractivity contribution in [1.82, 2.24) is 30.3 Å². The fraction of sp³-hybridized carbons (Fsp3) is 0.455. The van der Waals surface area contributed by atoms with Crippen molar-refractivity contribution >= 4 is 34.7 Å². The van der Waals surface area contributed by atoms with Gasteiger partial charge < -0.3 is 40.1 Å². The first-order valence-electron chi connectivity index (χ1n) is 24.7. The van der Waals surface area contributed by atoms with Crippen LogP contribution in [-0.2, 0) is 25.5 Å². The highest BCUT2D eigenvalue weighted by Gasteiger charge is 2.44. The minimum absolute atomic E-state index is 0.0303. The molecule has 5 atom stereocenters. The molecule has 0 spiro atoms. The lowest BCUT2D eigenvalue weighted by Gasteiger charge is -2.39. The van der Waals surface area contributed by atoms with Crippen LogP contribution in [0.25, 0.3) is 10.4 Å². The molecule has 0 saturated carbocycles. The number of rotatable bonds is 18. The first-order chi connectivity index (χ1) is 33.7. The third kappa shape index (κ3) is 12.5. The third-order valence-electron chi connectivity index (χ3n) is 14.1. The number of anilines is 1. The maximum absolute atomic E-state index is 14.2. The fourth-order valence-electron chi connectivity index (χ4n) is 9.94. The molecule has 1 aromatic heterocycles. The van der Waals surface area contributed by atoms with E-state index < -0.39 is 23.5 Å². The van der Waals surface area contributed by atoms with Gasteiger partial charge in [-0.05, 0) is 89.9 Å². The number of carbonyl (C=O) groups excluding carboxylic acids is 3. The van der Waals surface area contributed by atoms with Gasteiger partial charge in [-0.1, -0.05) is 81.4 Å². The van der Waals surface area contributed by atoms with E-state index in [0.717, 1.165) is 73.1 Å². The number of hydrogen-bond donors (Lipinski definition) is 4. The SMILES string of the molecule is Cc1ncsc1-c1ccc([C@H](C)NC(=O)C2C[C@@H](O)CN2C(=O)C(CNC(=O)COCCN2CCN(CCOc3ccc(C4c5ccc(O)cc5CCN4c4ccccc4)cc3)CC2)C(C)(C)C)cc1. The number of β-amino-alcohol motifs (C(OH)–C–C–N with tert-alkyl or cyclic N) is 1. The van der Waals surface area contributed by atoms with Crippen molar-refractivity contribution in [3.63, 3.8) is 0 Å². The van der Waals surface area contributed by atoms with Gasteiger partial charge in [-0.2, -0.15) is 0 Å². The first-order valence-corrected chi connectivity index (χ1v) is 25.5. The summed E-state index contributed by atoms with van der Waals surface area (Å²) in [5.41, 5.74) is 8.99. The van der Waals surface area contributed by atoms with E-state index in [1.807, 2.05) is 76.5 Å². The quantitative estimate of drug-likeness (QED) is 0.0701. The number of nitrogens with zero attached hydrogens (tertiary/aromatic N) is 5. The minimum atomic E-state index is -0.829. The Morgan fingerprint density at radius 1 is 0.886 bits per heavy atom. The van der Waals surface area contributed by atoms with Gasteiger partial charge in [0.1, 0.15) is 30.8 Å². The number of amides is 3. The zero-order chi connectivity index (χ0) is 49.4. The Morgan fingerprint density at radius 3 is 2.26 bits per heavy atom. The van der Waals surface area contributed by atoms with E-state index in [2.05, 4.69) is 84.9 Å². The zero-order valence-electron chi connectivity index (χ0n) is 41.2. The highest BCUT2D eigenvalue weighted by atomic mass is 32.1. The largest absolute Gasteiger partial charge is 0.508 e. The summed E-state index contributed by atoms with van der Waals surface area (Å²) in [6.07, 6.45) is 0.185. The topological polar surface area (TPSA) is 160 Å². The molecule has 70 heavy (non-hydrogen) atoms. The Kier molecular flexibility index (Phi) is 16.6. The number of ether oxygens (including phenoxy) is 2. The van der Waals surface area contributed by atoms with Crippen molar-refractivity contribution in [3.8, 4) is 21.9 Å². The molecule has 3 amide bonds. The highest BCUT2D eigenvalue weighted by Crippen LogP contribution is 2.40. The van der Waals surface area contributed by atoms with Gasteiger partial charge in [0, 0.05) is 71.0 Å². The Morgan fingerprint density at radius 2 is 1.59 bits per heavy atom. The van der Waals surface area contributed by atoms with Crippen molar-refractivity contribution in [2.75, 3.05) is 83.6 Å². The summed E-state index contributed by atoms with van der Waals surface area (Å²) in [4.78, 5) is 55.0. The molecule has 8 rings (SSSR count). The summed E-state index contributed by atoms with van der Waals surface area (Å²) in [6.45, 7) is 16.7. The molecule has 15 heteroatoms. The van der Waals surface area contributed by atoms with Crippen LogP contribution >= 0.6 is 11.3 Å². The smallest absolute Gasteiger partial charge is 0.246 e. The van der Waals surface area contributed by atoms with Crippen molar-refractivity contribution in [2.45, 2.75) is 71.7 Å². The predicted octanol–water partition coefficient (Wildman–Crippen LogP) is 6.61. The van der Waals surface area contributed by atoms with Crippen molar-refractivity contribution in [2.24, 2.45) is 11.3 Å². The second-order valence-corrected chi connectivity index (χ2v) is 20.8. The minimum Gasteiger partial charge on any atom is -0.508 e. The Labute approximate surface area is 416 Å². The monoisotopic (exact) mass is 971 g/mol. The molecule has 14 nitrogen and oxygen atoms in total. The lowest BCUT2D eigenvalue weighted by atomic mass is 9.79. The van der Waals surface area contributed by atoms with Gasteiger partial charge in [0.15, 0.2) is 0 Å². The Hall–Kier alpha value is -5.84. The van der Waals surface area contributed by atoms with Crippen LogP contribution in [0.3, 0.4) is 0 Å². The number of phenols is 1. The predicted molar refractivity (Wildman–Crippen MR) is 274 cm³/mol. The van der Waals surface area contributed by atoms with Crippen LogP contribution < -0.4 is 20.3 Å². The van der Waals surface area contributed by atoms with E-state index in [4.69, 9.17) is 9.47 Å². The average molecular weight is 972 g/mol. The molecule has 3 unspecified atom stereocenters. The summed E-state index contributed by atoms with van der Waals surface area (Å²) in [5.74, 6) is -0.396. The number of fused-ring (bicyclic) bond motifs is 1. The first kappa shape index (κ1) is 50.5. The van der Waals surface area contributed by atoms with E-state index in [1.54, 1.807) is 17.4 Å². The number of likely N-dealkylation sites (tertiary alicyclic amines) is 1. The van der Waals surface area contributed by atoms with Gasteiger partial charge in [-0.25, -0.2) is 4.98 Å². The van der Waals surface area contributed by atoms with E-state index in [0.29, 0.717) is 25.5 Å². The van der Waals surface area contributed by atoms with Crippen LogP contribution in [0, 0.1) is 18.3 Å². The highest BCUT2D eigenvalue weighted by molar-refractivity contribution is 7.13. The molecule has 2 fully saturated rings. The standard InChI is InChI=1S/C55H69N7O7S/c1-37(39-11-13-41(14-12-39)52-38(2)57-36-70-52)58-53(66)49-32-45(64)34-62(49)54(67)48(55(3,4)5)33-56-50(65)35-68-29-27-59-23-25-60(26-24-59)28-30-69-46-18-15-40(16-19-46)51-47-20-17-44(63)31-42(47)21-22-61(51)43-9-7-6-8-10-43/h6-20,31,36-37,45,48-49,51,63-64H,21-30,32-35H2,1-5H3,(H,56,65)(H,58,66)/t37-,45+,48?,49?,51?/m0/s1. The third-order valence-corrected chi connectivity index (χ3v) is 15.0. The summed E-state index contributed by atoms with van der Waals surface area (Å²) < 4.78 is 12.0.